The van der Waals surface area contributed by atoms with E-state index in [1.54, 1.807) is 24.0 Å². The van der Waals surface area contributed by atoms with Crippen LogP contribution in [0.25, 0.3) is 0 Å². The van der Waals surface area contributed by atoms with Gasteiger partial charge in [0.05, 0.1) is 5.69 Å². The van der Waals surface area contributed by atoms with Gasteiger partial charge in [0, 0.05) is 26.2 Å². The Hall–Kier alpha value is -2.95. The van der Waals surface area contributed by atoms with Crippen LogP contribution in [-0.4, -0.2) is 51.8 Å². The Morgan fingerprint density at radius 2 is 2.08 bits per heavy atom. The average Bonchev–Trinajstić information content (AvgIpc) is 3.15. The van der Waals surface area contributed by atoms with Gasteiger partial charge in [0.2, 0.25) is 5.91 Å². The summed E-state index contributed by atoms with van der Waals surface area (Å²) in [6.07, 6.45) is 2.92. The lowest BCUT2D eigenvalue weighted by molar-refractivity contribution is -0.134. The van der Waals surface area contributed by atoms with Crippen LogP contribution in [-0.2, 0) is 4.79 Å². The van der Waals surface area contributed by atoms with Crippen LogP contribution in [0.3, 0.4) is 0 Å². The number of piperazine rings is 1. The third-order valence-electron chi connectivity index (χ3n) is 4.23. The molecule has 7 nitrogen and oxygen atoms in total. The van der Waals surface area contributed by atoms with Gasteiger partial charge >= 0.3 is 0 Å². The zero-order valence-electron chi connectivity index (χ0n) is 13.3. The highest BCUT2D eigenvalue weighted by Crippen LogP contribution is 2.24. The second kappa shape index (κ2) is 6.66. The first-order chi connectivity index (χ1) is 11.6. The van der Waals surface area contributed by atoms with Crippen molar-refractivity contribution in [2.45, 2.75) is 13.0 Å². The van der Waals surface area contributed by atoms with Gasteiger partial charge in [-0.3, -0.25) is 4.79 Å². The highest BCUT2D eigenvalue weighted by atomic mass is 19.1. The van der Waals surface area contributed by atoms with Crippen LogP contribution in [0.15, 0.2) is 30.9 Å². The zero-order chi connectivity index (χ0) is 17.1. The van der Waals surface area contributed by atoms with Crippen molar-refractivity contribution in [2.75, 3.05) is 31.1 Å². The molecule has 0 aliphatic carbocycles. The lowest BCUT2D eigenvalue weighted by atomic mass is 10.1. The molecule has 0 spiro atoms. The van der Waals surface area contributed by atoms with Gasteiger partial charge in [0.25, 0.3) is 0 Å². The largest absolute Gasteiger partial charge is 0.367 e. The topological polar surface area (TPSA) is 78.0 Å². The predicted molar refractivity (Wildman–Crippen MR) is 84.6 cm³/mol. The lowest BCUT2D eigenvalue weighted by Crippen LogP contribution is -2.50. The van der Waals surface area contributed by atoms with Crippen LogP contribution < -0.4 is 4.90 Å². The number of carbonyl (C=O) groups is 1. The third kappa shape index (κ3) is 2.93. The first-order valence-corrected chi connectivity index (χ1v) is 7.68. The molecule has 2 heterocycles. The molecule has 1 fully saturated rings. The smallest absolute Gasteiger partial charge is 0.247 e. The van der Waals surface area contributed by atoms with Crippen LogP contribution in [0, 0.1) is 17.1 Å². The molecule has 1 aliphatic rings. The van der Waals surface area contributed by atoms with Gasteiger partial charge in [-0.15, -0.1) is 0 Å². The Labute approximate surface area is 138 Å². The molecule has 1 aromatic carbocycles. The maximum atomic E-state index is 13.7. The minimum Gasteiger partial charge on any atom is -0.367 e. The van der Waals surface area contributed by atoms with Crippen molar-refractivity contribution in [2.24, 2.45) is 0 Å². The highest BCUT2D eigenvalue weighted by Gasteiger charge is 2.27. The number of nitriles is 1. The standard InChI is InChI=1S/C16H17FN6O/c1-12(23-11-19-10-20-23)16(24)22-7-5-21(6-8-22)15-4-2-3-14(17)13(15)9-18/h2-4,10-12H,5-8H2,1H3. The summed E-state index contributed by atoms with van der Waals surface area (Å²) in [4.78, 5) is 20.1. The summed E-state index contributed by atoms with van der Waals surface area (Å²) in [6, 6.07) is 6.11. The van der Waals surface area contributed by atoms with Gasteiger partial charge in [-0.25, -0.2) is 14.1 Å². The molecule has 1 amide bonds. The normalized spacial score (nSPS) is 15.9. The Kier molecular flexibility index (Phi) is 4.42. The van der Waals surface area contributed by atoms with E-state index in [0.717, 1.165) is 0 Å². The van der Waals surface area contributed by atoms with Gasteiger partial charge < -0.3 is 9.80 Å². The molecule has 1 atom stereocenters. The molecule has 8 heteroatoms. The minimum absolute atomic E-state index is 0.0279. The number of benzene rings is 1. The van der Waals surface area contributed by atoms with E-state index in [2.05, 4.69) is 10.1 Å². The van der Waals surface area contributed by atoms with Crippen molar-refractivity contribution < 1.29 is 9.18 Å². The Morgan fingerprint density at radius 3 is 2.71 bits per heavy atom. The molecule has 124 valence electrons. The van der Waals surface area contributed by atoms with Crippen molar-refractivity contribution in [3.8, 4) is 6.07 Å². The molecule has 1 aromatic heterocycles. The number of nitrogens with zero attached hydrogens (tertiary/aromatic N) is 6. The van der Waals surface area contributed by atoms with Crippen molar-refractivity contribution in [3.63, 3.8) is 0 Å². The number of halogens is 1. The van der Waals surface area contributed by atoms with Crippen LogP contribution in [0.5, 0.6) is 0 Å². The van der Waals surface area contributed by atoms with Crippen molar-refractivity contribution >= 4 is 11.6 Å². The van der Waals surface area contributed by atoms with E-state index in [9.17, 15) is 9.18 Å². The number of rotatable bonds is 3. The number of carbonyl (C=O) groups excluding carboxylic acids is 1. The average molecular weight is 328 g/mol. The van der Waals surface area contributed by atoms with Gasteiger partial charge in [0.1, 0.15) is 36.1 Å². The summed E-state index contributed by atoms with van der Waals surface area (Å²) >= 11 is 0. The second-order valence-corrected chi connectivity index (χ2v) is 5.61. The molecule has 3 rings (SSSR count). The molecule has 0 saturated carbocycles. The van der Waals surface area contributed by atoms with Crippen molar-refractivity contribution in [1.29, 1.82) is 5.26 Å². The van der Waals surface area contributed by atoms with Gasteiger partial charge in [0.15, 0.2) is 0 Å². The van der Waals surface area contributed by atoms with Gasteiger partial charge in [-0.05, 0) is 19.1 Å². The van der Waals surface area contributed by atoms with E-state index in [4.69, 9.17) is 5.26 Å². The Morgan fingerprint density at radius 1 is 1.33 bits per heavy atom. The first-order valence-electron chi connectivity index (χ1n) is 7.68. The molecular weight excluding hydrogens is 311 g/mol. The first kappa shape index (κ1) is 15.9. The Bertz CT molecular complexity index is 761. The van der Waals surface area contributed by atoms with E-state index >= 15 is 0 Å². The Balaban J connectivity index is 1.67. The number of amides is 1. The summed E-state index contributed by atoms with van der Waals surface area (Å²) < 4.78 is 15.3. The van der Waals surface area contributed by atoms with Crippen LogP contribution >= 0.6 is 0 Å². The van der Waals surface area contributed by atoms with Gasteiger partial charge in [-0.1, -0.05) is 6.07 Å². The number of anilines is 1. The van der Waals surface area contributed by atoms with E-state index in [1.165, 1.54) is 23.4 Å². The third-order valence-corrected chi connectivity index (χ3v) is 4.23. The number of hydrogen-bond donors (Lipinski definition) is 0. The summed E-state index contributed by atoms with van der Waals surface area (Å²) in [5, 5.41) is 13.1. The highest BCUT2D eigenvalue weighted by molar-refractivity contribution is 5.80. The van der Waals surface area contributed by atoms with Crippen LogP contribution in [0.2, 0.25) is 0 Å². The number of aromatic nitrogens is 3. The van der Waals surface area contributed by atoms with E-state index in [1.807, 2.05) is 11.0 Å². The fourth-order valence-electron chi connectivity index (χ4n) is 2.85. The van der Waals surface area contributed by atoms with Crippen molar-refractivity contribution in [3.05, 3.63) is 42.2 Å². The minimum atomic E-state index is -0.520. The molecule has 24 heavy (non-hydrogen) atoms. The van der Waals surface area contributed by atoms with Crippen LogP contribution in [0.1, 0.15) is 18.5 Å². The molecule has 1 saturated heterocycles. The SMILES string of the molecule is CC(C(=O)N1CCN(c2cccc(F)c2C#N)CC1)n1cncn1. The van der Waals surface area contributed by atoms with E-state index in [0.29, 0.717) is 31.9 Å². The fraction of sp³-hybridized carbons (Fsp3) is 0.375. The second-order valence-electron chi connectivity index (χ2n) is 5.61. The summed E-state index contributed by atoms with van der Waals surface area (Å²) in [7, 11) is 0. The maximum Gasteiger partial charge on any atom is 0.247 e. The molecule has 0 N–H and O–H groups in total. The molecular formula is C16H17FN6O. The molecule has 0 bridgehead atoms. The van der Waals surface area contributed by atoms with E-state index in [-0.39, 0.29) is 11.5 Å². The van der Waals surface area contributed by atoms with Gasteiger partial charge in [-0.2, -0.15) is 10.4 Å². The summed E-state index contributed by atoms with van der Waals surface area (Å²) in [6.45, 7) is 3.91. The summed E-state index contributed by atoms with van der Waals surface area (Å²) in [5.41, 5.74) is 0.627. The summed E-state index contributed by atoms with van der Waals surface area (Å²) in [5.74, 6) is -0.548. The fourth-order valence-corrected chi connectivity index (χ4v) is 2.85. The van der Waals surface area contributed by atoms with E-state index < -0.39 is 11.9 Å². The van der Waals surface area contributed by atoms with Crippen molar-refractivity contribution in [1.82, 2.24) is 19.7 Å². The van der Waals surface area contributed by atoms with Crippen LogP contribution in [0.4, 0.5) is 10.1 Å². The molecule has 1 aliphatic heterocycles. The quantitative estimate of drug-likeness (QED) is 0.846. The maximum absolute atomic E-state index is 13.7. The number of hydrogen-bond acceptors (Lipinski definition) is 5. The zero-order valence-corrected chi connectivity index (χ0v) is 13.3. The molecule has 2 aromatic rings. The monoisotopic (exact) mass is 328 g/mol. The molecule has 0 radical (unpaired) electrons. The predicted octanol–water partition coefficient (Wildman–Crippen LogP) is 1.20. The lowest BCUT2D eigenvalue weighted by Gasteiger charge is -2.37. The molecule has 1 unspecified atom stereocenters.